The highest BCUT2D eigenvalue weighted by Crippen LogP contribution is 2.69. The number of alkyl halides is 36. The lowest BCUT2D eigenvalue weighted by Crippen LogP contribution is -2.74. The van der Waals surface area contributed by atoms with E-state index in [0.29, 0.717) is 18.9 Å². The molecular weight excluding hydrogens is 952 g/mol. The molecule has 4 nitrogen and oxygen atoms in total. The molecule has 0 aromatic rings. The molecule has 0 aromatic carbocycles. The lowest BCUT2D eigenvalue weighted by Gasteiger charge is -2.46. The van der Waals surface area contributed by atoms with Gasteiger partial charge in [0.2, 0.25) is 0 Å². The molecule has 0 spiro atoms. The van der Waals surface area contributed by atoms with Crippen LogP contribution in [0.3, 0.4) is 0 Å². The van der Waals surface area contributed by atoms with E-state index in [1.807, 2.05) is 0 Å². The quantitative estimate of drug-likeness (QED) is 0.163. The summed E-state index contributed by atoms with van der Waals surface area (Å²) in [5, 5.41) is 0. The van der Waals surface area contributed by atoms with Crippen LogP contribution in [0.15, 0.2) is 0 Å². The van der Waals surface area contributed by atoms with Gasteiger partial charge in [-0.15, -0.1) is 0 Å². The third-order valence-electron chi connectivity index (χ3n) is 5.74. The largest absolute Gasteiger partial charge is 0.462 e. The van der Waals surface area contributed by atoms with Gasteiger partial charge in [-0.05, 0) is 0 Å². The van der Waals surface area contributed by atoms with E-state index >= 15 is 0 Å². The molecule has 0 aliphatic rings. The Morgan fingerprint density at radius 1 is 0.193 bits per heavy atom. The third kappa shape index (κ3) is 8.40. The maximum atomic E-state index is 14.2. The number of hydrogen-bond donors (Lipinski definition) is 0. The Morgan fingerprint density at radius 2 is 0.456 bits per heavy atom. The second-order valence-corrected chi connectivity index (χ2v) is 9.59. The fourth-order valence-corrected chi connectivity index (χ4v) is 3.06. The van der Waals surface area contributed by atoms with Gasteiger partial charge in [-0.2, -0.15) is 154 Å². The monoisotopic (exact) mass is 952 g/mol. The first-order valence-corrected chi connectivity index (χ1v) is 11.4. The summed E-state index contributed by atoms with van der Waals surface area (Å²) in [5.41, 5.74) is -19.0. The zero-order valence-corrected chi connectivity index (χ0v) is 23.7. The van der Waals surface area contributed by atoms with Gasteiger partial charge in [0.05, 0.1) is 0 Å². The first kappa shape index (κ1) is 54.3. The van der Waals surface area contributed by atoms with E-state index in [-0.39, 0.29) is 0 Å². The molecule has 0 aromatic heterocycles. The van der Waals surface area contributed by atoms with Gasteiger partial charge in [0.25, 0.3) is 0 Å². The van der Waals surface area contributed by atoms with E-state index in [1.54, 1.807) is 0 Å². The van der Waals surface area contributed by atoms with Gasteiger partial charge in [-0.1, -0.05) is 0 Å². The highest BCUT2D eigenvalue weighted by molar-refractivity contribution is 5.08. The van der Waals surface area contributed by atoms with Crippen molar-refractivity contribution >= 4 is 0 Å². The van der Waals surface area contributed by atoms with Gasteiger partial charge in [-0.3, -0.25) is 4.74 Å². The van der Waals surface area contributed by atoms with Crippen LogP contribution in [-0.2, 0) is 18.9 Å². The standard InChI is InChI=1S/C17F36O4/c18-2(7(28,29)30,8(31,32)33)13(44,45)54-4(21,10(37,38)39)15(48,49)57-17(52,53)16(50,51)56-12(42,43)1(5(22,23)24,6(25,26)27)11(40,41)55-14(46,47)3(19,20)9(34,35)36. The summed E-state index contributed by atoms with van der Waals surface area (Å²) >= 11 is 0. The molecule has 0 N–H and O–H groups in total. The van der Waals surface area contributed by atoms with E-state index < -0.39 is 103 Å². The average Bonchev–Trinajstić information content (AvgIpc) is 2.80. The van der Waals surface area contributed by atoms with Crippen molar-refractivity contribution < 1.29 is 177 Å². The lowest BCUT2D eigenvalue weighted by molar-refractivity contribution is -0.604. The van der Waals surface area contributed by atoms with E-state index in [2.05, 4.69) is 0 Å². The maximum Gasteiger partial charge on any atom is 0.462 e. The van der Waals surface area contributed by atoms with Crippen molar-refractivity contribution in [2.45, 2.75) is 97.3 Å². The molecule has 0 bridgehead atoms. The Bertz CT molecular complexity index is 1370. The van der Waals surface area contributed by atoms with Gasteiger partial charge < -0.3 is 0 Å². The SMILES string of the molecule is FC(F)(F)C(F)(F)C(F)(F)OC(F)(F)C(C(F)(F)F)(C(F)(F)F)C(F)(F)OC(F)(F)C(F)(F)OC(F)(F)C(F)(OC(F)(F)C(F)(C(F)(F)F)C(F)(F)F)C(F)(F)F. The maximum absolute atomic E-state index is 14.2. The van der Waals surface area contributed by atoms with Crippen LogP contribution in [0.4, 0.5) is 158 Å². The average molecular weight is 952 g/mol. The van der Waals surface area contributed by atoms with Crippen LogP contribution in [0.1, 0.15) is 0 Å². The minimum atomic E-state index is -9.98. The lowest BCUT2D eigenvalue weighted by atomic mass is 9.82. The summed E-state index contributed by atoms with van der Waals surface area (Å²) in [6.07, 6.45) is -118. The molecule has 57 heavy (non-hydrogen) atoms. The summed E-state index contributed by atoms with van der Waals surface area (Å²) in [6.45, 7) is 0. The van der Waals surface area contributed by atoms with Crippen LogP contribution >= 0.6 is 0 Å². The van der Waals surface area contributed by atoms with E-state index in [1.165, 1.54) is 0 Å². The van der Waals surface area contributed by atoms with Crippen molar-refractivity contribution in [3.8, 4) is 0 Å². The minimum absolute atomic E-state index is 0.571. The molecule has 1 unspecified atom stereocenters. The highest BCUT2D eigenvalue weighted by Gasteiger charge is 2.98. The van der Waals surface area contributed by atoms with Gasteiger partial charge in [-0.25, -0.2) is 18.6 Å². The van der Waals surface area contributed by atoms with Gasteiger partial charge in [0.15, 0.2) is 0 Å². The van der Waals surface area contributed by atoms with Crippen LogP contribution < -0.4 is 0 Å². The molecule has 0 rings (SSSR count). The summed E-state index contributed by atoms with van der Waals surface area (Å²) in [5.74, 6) is -17.9. The summed E-state index contributed by atoms with van der Waals surface area (Å²) in [6, 6.07) is 0. The second-order valence-electron chi connectivity index (χ2n) is 9.59. The van der Waals surface area contributed by atoms with Gasteiger partial charge in [0, 0.05) is 0 Å². The number of ether oxygens (including phenoxy) is 4. The van der Waals surface area contributed by atoms with E-state index in [4.69, 9.17) is 0 Å². The molecule has 0 fully saturated rings. The fraction of sp³-hybridized carbons (Fsp3) is 1.00. The highest BCUT2D eigenvalue weighted by atomic mass is 19.5. The Hall–Kier alpha value is -2.68. The first-order chi connectivity index (χ1) is 23.8. The van der Waals surface area contributed by atoms with Crippen molar-refractivity contribution in [2.24, 2.45) is 5.41 Å². The zero-order valence-electron chi connectivity index (χ0n) is 23.7. The normalized spacial score (nSPS) is 17.9. The van der Waals surface area contributed by atoms with Crippen molar-refractivity contribution in [3.63, 3.8) is 0 Å². The molecule has 0 aliphatic heterocycles. The smallest absolute Gasteiger partial charge is 0.264 e. The molecule has 0 amide bonds. The molecule has 0 radical (unpaired) electrons. The van der Waals surface area contributed by atoms with Crippen LogP contribution in [0.5, 0.6) is 0 Å². The summed E-state index contributed by atoms with van der Waals surface area (Å²) in [7, 11) is 0. The van der Waals surface area contributed by atoms with Crippen LogP contribution in [0.2, 0.25) is 0 Å². The second kappa shape index (κ2) is 13.7. The molecule has 40 heteroatoms. The number of hydrogen-bond acceptors (Lipinski definition) is 4. The predicted molar refractivity (Wildman–Crippen MR) is 90.4 cm³/mol. The Morgan fingerprint density at radius 3 is 0.684 bits per heavy atom. The summed E-state index contributed by atoms with van der Waals surface area (Å²) < 4.78 is 479. The number of halogens is 36. The van der Waals surface area contributed by atoms with Crippen LogP contribution in [-0.4, -0.2) is 97.3 Å². The minimum Gasteiger partial charge on any atom is -0.264 e. The van der Waals surface area contributed by atoms with Crippen molar-refractivity contribution in [1.29, 1.82) is 0 Å². The zero-order chi connectivity index (χ0) is 47.3. The third-order valence-corrected chi connectivity index (χ3v) is 5.74. The number of rotatable bonds is 14. The molecule has 1 atom stereocenters. The van der Waals surface area contributed by atoms with Crippen molar-refractivity contribution in [2.75, 3.05) is 0 Å². The van der Waals surface area contributed by atoms with Gasteiger partial charge in [0.1, 0.15) is 0 Å². The van der Waals surface area contributed by atoms with Crippen LogP contribution in [0, 0.1) is 5.41 Å². The Balaban J connectivity index is 7.82. The molecule has 0 heterocycles. The topological polar surface area (TPSA) is 36.9 Å². The molecule has 0 aliphatic carbocycles. The molecule has 0 saturated carbocycles. The molecule has 0 saturated heterocycles. The van der Waals surface area contributed by atoms with Crippen LogP contribution in [0.25, 0.3) is 0 Å². The van der Waals surface area contributed by atoms with Gasteiger partial charge >= 0.3 is 103 Å². The predicted octanol–water partition coefficient (Wildman–Crippen LogP) is 11.6. The summed E-state index contributed by atoms with van der Waals surface area (Å²) in [4.78, 5) is 0. The first-order valence-electron chi connectivity index (χ1n) is 11.4. The molecular formula is C17F36O4. The van der Waals surface area contributed by atoms with E-state index in [0.717, 1.165) is 0 Å². The molecule has 344 valence electrons. The fourth-order valence-electron chi connectivity index (χ4n) is 3.06. The Labute approximate surface area is 281 Å². The van der Waals surface area contributed by atoms with Crippen molar-refractivity contribution in [3.05, 3.63) is 0 Å². The Kier molecular flexibility index (Phi) is 13.0. The van der Waals surface area contributed by atoms with E-state index in [9.17, 15) is 158 Å². The van der Waals surface area contributed by atoms with Crippen molar-refractivity contribution in [1.82, 2.24) is 0 Å².